The molecular weight excluding hydrogens is 475 g/mol. The fourth-order valence-corrected chi connectivity index (χ4v) is 4.90. The molecule has 1 unspecified atom stereocenters. The molecule has 2 aromatic rings. The van der Waals surface area contributed by atoms with Gasteiger partial charge in [0.05, 0.1) is 24.0 Å². The largest absolute Gasteiger partial charge is 0.386 e. The molecular formula is C12H11Br2N2O5PS. The van der Waals surface area contributed by atoms with Gasteiger partial charge in [-0.15, -0.1) is 0 Å². The smallest absolute Gasteiger partial charge is 0.325 e. The fourth-order valence-electron chi connectivity index (χ4n) is 2.79. The van der Waals surface area contributed by atoms with Crippen molar-refractivity contribution in [1.82, 2.24) is 9.55 Å². The minimum atomic E-state index is -3.31. The van der Waals surface area contributed by atoms with Crippen LogP contribution in [0.15, 0.2) is 27.4 Å². The number of benzene rings is 1. The number of fused-ring (bicyclic) bond motifs is 2. The molecule has 0 saturated carbocycles. The Morgan fingerprint density at radius 2 is 2.09 bits per heavy atom. The number of ether oxygens (including phenoxy) is 1. The molecule has 124 valence electrons. The van der Waals surface area contributed by atoms with Crippen LogP contribution >= 0.6 is 38.6 Å². The molecule has 2 aliphatic rings. The first kappa shape index (κ1) is 16.6. The van der Waals surface area contributed by atoms with Gasteiger partial charge in [0.25, 0.3) is 0 Å². The number of imidazole rings is 1. The highest BCUT2D eigenvalue weighted by molar-refractivity contribution is 9.13. The van der Waals surface area contributed by atoms with Crippen LogP contribution in [0.3, 0.4) is 0 Å². The van der Waals surface area contributed by atoms with Gasteiger partial charge >= 0.3 is 6.72 Å². The van der Waals surface area contributed by atoms with Crippen molar-refractivity contribution in [3.63, 3.8) is 0 Å². The SMILES string of the molecule is O[C@@H]1[C@@H]2OP(O)(=S)OC[C@H]2O[C@H]1n1cnc2cc(Br)c(Br)cc21. The summed E-state index contributed by atoms with van der Waals surface area (Å²) in [5, 5.41) is 10.6. The predicted molar refractivity (Wildman–Crippen MR) is 92.4 cm³/mol. The molecule has 3 heterocycles. The number of aliphatic hydroxyl groups excluding tert-OH is 1. The zero-order chi connectivity index (χ0) is 16.4. The summed E-state index contributed by atoms with van der Waals surface area (Å²) in [6.07, 6.45) is -1.29. The zero-order valence-corrected chi connectivity index (χ0v) is 16.3. The van der Waals surface area contributed by atoms with Crippen molar-refractivity contribution >= 4 is 61.4 Å². The Balaban J connectivity index is 1.72. The molecule has 2 N–H and O–H groups in total. The molecule has 4 rings (SSSR count). The molecule has 0 amide bonds. The number of nitrogens with zero attached hydrogens (tertiary/aromatic N) is 2. The first-order valence-corrected chi connectivity index (χ1v) is 10.8. The van der Waals surface area contributed by atoms with E-state index < -0.39 is 31.3 Å². The van der Waals surface area contributed by atoms with E-state index in [1.54, 1.807) is 10.9 Å². The van der Waals surface area contributed by atoms with Crippen LogP contribution in [-0.4, -0.2) is 44.5 Å². The van der Waals surface area contributed by atoms with Crippen LogP contribution in [0.5, 0.6) is 0 Å². The van der Waals surface area contributed by atoms with Gasteiger partial charge in [-0.1, -0.05) is 0 Å². The summed E-state index contributed by atoms with van der Waals surface area (Å²) in [7, 11) is 0. The molecule has 1 aromatic carbocycles. The first-order chi connectivity index (χ1) is 10.9. The second kappa shape index (κ2) is 5.82. The highest BCUT2D eigenvalue weighted by Crippen LogP contribution is 2.53. The number of rotatable bonds is 1. The molecule has 5 atom stereocenters. The fraction of sp³-hybridized carbons (Fsp3) is 0.417. The summed E-state index contributed by atoms with van der Waals surface area (Å²) in [5.41, 5.74) is 1.56. The van der Waals surface area contributed by atoms with E-state index >= 15 is 0 Å². The third-order valence-corrected chi connectivity index (χ3v) is 7.26. The quantitative estimate of drug-likeness (QED) is 0.600. The van der Waals surface area contributed by atoms with Crippen molar-refractivity contribution in [1.29, 1.82) is 0 Å². The van der Waals surface area contributed by atoms with Crippen molar-refractivity contribution in [2.24, 2.45) is 0 Å². The Morgan fingerprint density at radius 3 is 2.87 bits per heavy atom. The average Bonchev–Trinajstić information content (AvgIpc) is 3.01. The summed E-state index contributed by atoms with van der Waals surface area (Å²) in [6, 6.07) is 3.76. The molecule has 11 heteroatoms. The van der Waals surface area contributed by atoms with Crippen LogP contribution in [0.4, 0.5) is 0 Å². The van der Waals surface area contributed by atoms with Gasteiger partial charge in [0.1, 0.15) is 18.3 Å². The zero-order valence-electron chi connectivity index (χ0n) is 11.4. The van der Waals surface area contributed by atoms with E-state index in [4.69, 9.17) is 25.6 Å². The lowest BCUT2D eigenvalue weighted by atomic mass is 10.1. The van der Waals surface area contributed by atoms with E-state index in [1.165, 1.54) is 0 Å². The standard InChI is InChI=1S/C12H11Br2N2O5PS/c13-5-1-7-8(2-6(5)14)16(4-15-7)12-10(17)11-9(20-12)3-19-22(18,23)21-11/h1-2,4,9-12,17H,3H2,(H,18,23)/t9-,10-,11-,12-,22?/m1/s1. The van der Waals surface area contributed by atoms with E-state index in [1.807, 2.05) is 12.1 Å². The number of hydrogen-bond donors (Lipinski definition) is 2. The lowest BCUT2D eigenvalue weighted by Crippen LogP contribution is -2.39. The van der Waals surface area contributed by atoms with Crippen LogP contribution in [0.25, 0.3) is 11.0 Å². The van der Waals surface area contributed by atoms with E-state index in [0.29, 0.717) is 0 Å². The maximum atomic E-state index is 10.6. The molecule has 0 bridgehead atoms. The third kappa shape index (κ3) is 2.84. The maximum absolute atomic E-state index is 10.6. The van der Waals surface area contributed by atoms with Crippen LogP contribution in [0.1, 0.15) is 6.23 Å². The molecule has 0 spiro atoms. The van der Waals surface area contributed by atoms with Crippen LogP contribution in [0, 0.1) is 0 Å². The first-order valence-electron chi connectivity index (χ1n) is 6.66. The summed E-state index contributed by atoms with van der Waals surface area (Å²) in [6.45, 7) is -3.21. The minimum absolute atomic E-state index is 0.0911. The average molecular weight is 486 g/mol. The van der Waals surface area contributed by atoms with Gasteiger partial charge in [0, 0.05) is 8.95 Å². The molecule has 2 aliphatic heterocycles. The van der Waals surface area contributed by atoms with Gasteiger partial charge < -0.3 is 23.8 Å². The summed E-state index contributed by atoms with van der Waals surface area (Å²) >= 11 is 11.7. The van der Waals surface area contributed by atoms with E-state index in [2.05, 4.69) is 36.8 Å². The van der Waals surface area contributed by atoms with Crippen LogP contribution < -0.4 is 0 Å². The van der Waals surface area contributed by atoms with Crippen LogP contribution in [-0.2, 0) is 25.6 Å². The molecule has 1 aromatic heterocycles. The van der Waals surface area contributed by atoms with Gasteiger partial charge in [0.2, 0.25) is 0 Å². The lowest BCUT2D eigenvalue weighted by molar-refractivity contribution is -0.0591. The van der Waals surface area contributed by atoms with Crippen molar-refractivity contribution in [3.05, 3.63) is 27.4 Å². The Labute approximate surface area is 153 Å². The number of aromatic nitrogens is 2. The summed E-state index contributed by atoms with van der Waals surface area (Å²) < 4.78 is 19.8. The molecule has 0 radical (unpaired) electrons. The van der Waals surface area contributed by atoms with Crippen molar-refractivity contribution in [2.45, 2.75) is 24.5 Å². The lowest BCUT2D eigenvalue weighted by Gasteiger charge is -2.30. The van der Waals surface area contributed by atoms with Crippen molar-refractivity contribution in [3.8, 4) is 0 Å². The number of hydrogen-bond acceptors (Lipinski definition) is 6. The van der Waals surface area contributed by atoms with Gasteiger partial charge in [-0.3, -0.25) is 4.52 Å². The van der Waals surface area contributed by atoms with Crippen molar-refractivity contribution in [2.75, 3.05) is 6.61 Å². The Morgan fingerprint density at radius 1 is 1.35 bits per heavy atom. The normalized spacial score (nSPS) is 37.2. The van der Waals surface area contributed by atoms with E-state index in [-0.39, 0.29) is 6.61 Å². The topological polar surface area (TPSA) is 86.0 Å². The Hall–Kier alpha value is 0.100. The van der Waals surface area contributed by atoms with Gasteiger partial charge in [-0.2, -0.15) is 0 Å². The summed E-state index contributed by atoms with van der Waals surface area (Å²) in [5.74, 6) is 0. The third-order valence-electron chi connectivity index (χ3n) is 3.86. The second-order valence-corrected chi connectivity index (χ2v) is 9.80. The number of halogens is 2. The monoisotopic (exact) mass is 484 g/mol. The molecule has 7 nitrogen and oxygen atoms in total. The summed E-state index contributed by atoms with van der Waals surface area (Å²) in [4.78, 5) is 14.1. The Kier molecular flexibility index (Phi) is 4.19. The van der Waals surface area contributed by atoms with E-state index in [9.17, 15) is 10.00 Å². The van der Waals surface area contributed by atoms with Gasteiger partial charge in [-0.25, -0.2) is 4.98 Å². The van der Waals surface area contributed by atoms with Gasteiger partial charge in [0.15, 0.2) is 6.23 Å². The van der Waals surface area contributed by atoms with E-state index in [0.717, 1.165) is 20.0 Å². The highest BCUT2D eigenvalue weighted by atomic mass is 79.9. The van der Waals surface area contributed by atoms with Gasteiger partial charge in [-0.05, 0) is 55.8 Å². The maximum Gasteiger partial charge on any atom is 0.325 e. The molecule has 2 saturated heterocycles. The minimum Gasteiger partial charge on any atom is -0.386 e. The molecule has 23 heavy (non-hydrogen) atoms. The Bertz CT molecular complexity index is 833. The molecule has 2 fully saturated rings. The molecule has 0 aliphatic carbocycles. The second-order valence-electron chi connectivity index (χ2n) is 5.30. The number of aliphatic hydroxyl groups is 1. The van der Waals surface area contributed by atoms with Crippen LogP contribution in [0.2, 0.25) is 0 Å². The highest BCUT2D eigenvalue weighted by Gasteiger charge is 2.51. The van der Waals surface area contributed by atoms with Crippen molar-refractivity contribution < 1.29 is 23.8 Å². The predicted octanol–water partition coefficient (Wildman–Crippen LogP) is 2.45.